The van der Waals surface area contributed by atoms with Crippen LogP contribution in [-0.4, -0.2) is 12.6 Å². The van der Waals surface area contributed by atoms with Crippen LogP contribution in [0.4, 0.5) is 0 Å². The normalized spacial score (nSPS) is 19.5. The molecule has 0 saturated heterocycles. The number of rotatable bonds is 8. The minimum Gasteiger partial charge on any atom is -0.314 e. The average Bonchev–Trinajstić information content (AvgIpc) is 2.43. The monoisotopic (exact) mass is 287 g/mol. The molecule has 1 fully saturated rings. The maximum Gasteiger partial charge on any atom is 0.00884 e. The van der Waals surface area contributed by atoms with E-state index in [4.69, 9.17) is 0 Å². The molecule has 2 rings (SSSR count). The topological polar surface area (TPSA) is 12.0 Å². The van der Waals surface area contributed by atoms with Crippen molar-refractivity contribution in [3.05, 3.63) is 35.9 Å². The van der Waals surface area contributed by atoms with E-state index in [1.165, 1.54) is 38.5 Å². The molecule has 0 aromatic heterocycles. The van der Waals surface area contributed by atoms with Gasteiger partial charge in [-0.1, -0.05) is 70.9 Å². The maximum atomic E-state index is 3.71. The van der Waals surface area contributed by atoms with E-state index in [1.54, 1.807) is 5.56 Å². The highest BCUT2D eigenvalue weighted by Crippen LogP contribution is 2.60. The lowest BCUT2D eigenvalue weighted by atomic mass is 9.48. The molecule has 0 atom stereocenters. The van der Waals surface area contributed by atoms with Crippen LogP contribution in [-0.2, 0) is 5.41 Å². The van der Waals surface area contributed by atoms with Gasteiger partial charge in [-0.2, -0.15) is 0 Å². The number of hydrogen-bond acceptors (Lipinski definition) is 1. The molecule has 0 aliphatic heterocycles. The van der Waals surface area contributed by atoms with Crippen LogP contribution in [0.25, 0.3) is 0 Å². The van der Waals surface area contributed by atoms with Crippen molar-refractivity contribution in [1.82, 2.24) is 5.32 Å². The van der Waals surface area contributed by atoms with Gasteiger partial charge in [0.05, 0.1) is 0 Å². The van der Waals surface area contributed by atoms with Gasteiger partial charge in [0.15, 0.2) is 0 Å². The summed E-state index contributed by atoms with van der Waals surface area (Å²) >= 11 is 0. The van der Waals surface area contributed by atoms with Crippen molar-refractivity contribution in [3.63, 3.8) is 0 Å². The third-order valence-electron chi connectivity index (χ3n) is 5.22. The van der Waals surface area contributed by atoms with Gasteiger partial charge in [-0.25, -0.2) is 0 Å². The number of hydrogen-bond donors (Lipinski definition) is 1. The SMILES string of the molecule is CCCC1(CCC)CC(CNC(C)C)(c2ccccc2)C1. The molecule has 21 heavy (non-hydrogen) atoms. The molecule has 0 radical (unpaired) electrons. The molecule has 0 spiro atoms. The van der Waals surface area contributed by atoms with Crippen LogP contribution in [0.3, 0.4) is 0 Å². The Morgan fingerprint density at radius 1 is 1.00 bits per heavy atom. The van der Waals surface area contributed by atoms with Crippen LogP contribution < -0.4 is 5.32 Å². The summed E-state index contributed by atoms with van der Waals surface area (Å²) in [6.07, 6.45) is 8.18. The summed E-state index contributed by atoms with van der Waals surface area (Å²) in [6, 6.07) is 11.8. The van der Waals surface area contributed by atoms with Crippen LogP contribution in [0.15, 0.2) is 30.3 Å². The molecule has 0 unspecified atom stereocenters. The molecular formula is C20H33N. The van der Waals surface area contributed by atoms with Gasteiger partial charge < -0.3 is 5.32 Å². The van der Waals surface area contributed by atoms with Crippen molar-refractivity contribution in [2.45, 2.75) is 77.7 Å². The fourth-order valence-electron chi connectivity index (χ4n) is 4.55. The molecule has 1 heteroatoms. The molecule has 118 valence electrons. The highest BCUT2D eigenvalue weighted by atomic mass is 14.9. The summed E-state index contributed by atoms with van der Waals surface area (Å²) in [5, 5.41) is 3.71. The zero-order valence-electron chi connectivity index (χ0n) is 14.4. The third kappa shape index (κ3) is 3.69. The van der Waals surface area contributed by atoms with E-state index in [2.05, 4.69) is 63.3 Å². The van der Waals surface area contributed by atoms with Crippen molar-refractivity contribution in [2.24, 2.45) is 5.41 Å². The molecule has 0 amide bonds. The van der Waals surface area contributed by atoms with E-state index in [0.717, 1.165) is 6.54 Å². The summed E-state index contributed by atoms with van der Waals surface area (Å²) in [5.74, 6) is 0. The minimum atomic E-state index is 0.371. The Hall–Kier alpha value is -0.820. The highest BCUT2D eigenvalue weighted by Gasteiger charge is 2.53. The van der Waals surface area contributed by atoms with Gasteiger partial charge in [-0.3, -0.25) is 0 Å². The standard InChI is InChI=1S/C20H33N/c1-5-12-19(13-6-2)14-20(15-19,16-21-17(3)4)18-10-8-7-9-11-18/h7-11,17,21H,5-6,12-16H2,1-4H3. The first-order valence-corrected chi connectivity index (χ1v) is 8.85. The Balaban J connectivity index is 2.17. The fraction of sp³-hybridized carbons (Fsp3) is 0.700. The minimum absolute atomic E-state index is 0.371. The van der Waals surface area contributed by atoms with Gasteiger partial charge in [0.1, 0.15) is 0 Å². The first-order chi connectivity index (χ1) is 10.1. The Labute approximate surface area is 131 Å². The van der Waals surface area contributed by atoms with Gasteiger partial charge in [0.25, 0.3) is 0 Å². The molecule has 1 saturated carbocycles. The highest BCUT2D eigenvalue weighted by molar-refractivity contribution is 5.31. The molecule has 1 aromatic rings. The Morgan fingerprint density at radius 3 is 2.05 bits per heavy atom. The first kappa shape index (κ1) is 16.5. The maximum absolute atomic E-state index is 3.71. The van der Waals surface area contributed by atoms with E-state index in [9.17, 15) is 0 Å². The summed E-state index contributed by atoms with van der Waals surface area (Å²) in [5.41, 5.74) is 2.52. The number of benzene rings is 1. The second-order valence-electron chi connectivity index (χ2n) is 7.54. The van der Waals surface area contributed by atoms with E-state index in [0.29, 0.717) is 16.9 Å². The number of nitrogens with one attached hydrogen (secondary N) is 1. The second kappa shape index (κ2) is 6.96. The third-order valence-corrected chi connectivity index (χ3v) is 5.22. The molecule has 1 aliphatic carbocycles. The molecule has 1 aliphatic rings. The Morgan fingerprint density at radius 2 is 1.57 bits per heavy atom. The fourth-order valence-corrected chi connectivity index (χ4v) is 4.55. The van der Waals surface area contributed by atoms with Gasteiger partial charge in [-0.05, 0) is 36.7 Å². The van der Waals surface area contributed by atoms with Crippen molar-refractivity contribution in [3.8, 4) is 0 Å². The van der Waals surface area contributed by atoms with E-state index in [1.807, 2.05) is 0 Å². The molecule has 1 nitrogen and oxygen atoms in total. The molecule has 0 bridgehead atoms. The Bertz CT molecular complexity index is 407. The zero-order valence-corrected chi connectivity index (χ0v) is 14.4. The first-order valence-electron chi connectivity index (χ1n) is 8.85. The van der Waals surface area contributed by atoms with Crippen molar-refractivity contribution >= 4 is 0 Å². The summed E-state index contributed by atoms with van der Waals surface area (Å²) in [6.45, 7) is 10.3. The van der Waals surface area contributed by atoms with Crippen LogP contribution in [0.1, 0.15) is 71.8 Å². The van der Waals surface area contributed by atoms with Crippen LogP contribution in [0.2, 0.25) is 0 Å². The molecular weight excluding hydrogens is 254 g/mol. The zero-order chi connectivity index (χ0) is 15.3. The van der Waals surface area contributed by atoms with Crippen LogP contribution in [0.5, 0.6) is 0 Å². The van der Waals surface area contributed by atoms with Crippen molar-refractivity contribution in [2.75, 3.05) is 6.54 Å². The lowest BCUT2D eigenvalue weighted by molar-refractivity contribution is 0.00187. The summed E-state index contributed by atoms with van der Waals surface area (Å²) < 4.78 is 0. The largest absolute Gasteiger partial charge is 0.314 e. The van der Waals surface area contributed by atoms with E-state index < -0.39 is 0 Å². The van der Waals surface area contributed by atoms with Gasteiger partial charge in [0, 0.05) is 18.0 Å². The molecule has 0 heterocycles. The molecule has 1 N–H and O–H groups in total. The van der Waals surface area contributed by atoms with E-state index >= 15 is 0 Å². The molecule has 1 aromatic carbocycles. The predicted molar refractivity (Wildman–Crippen MR) is 92.7 cm³/mol. The van der Waals surface area contributed by atoms with Crippen molar-refractivity contribution < 1.29 is 0 Å². The quantitative estimate of drug-likeness (QED) is 0.684. The smallest absolute Gasteiger partial charge is 0.00884 e. The lowest BCUT2D eigenvalue weighted by Gasteiger charge is -2.58. The predicted octanol–water partition coefficient (Wildman–Crippen LogP) is 5.30. The Kier molecular flexibility index (Phi) is 5.48. The van der Waals surface area contributed by atoms with E-state index in [-0.39, 0.29) is 0 Å². The van der Waals surface area contributed by atoms with Gasteiger partial charge in [-0.15, -0.1) is 0 Å². The lowest BCUT2D eigenvalue weighted by Crippen LogP contribution is -2.55. The van der Waals surface area contributed by atoms with Crippen LogP contribution >= 0.6 is 0 Å². The summed E-state index contributed by atoms with van der Waals surface area (Å²) in [4.78, 5) is 0. The van der Waals surface area contributed by atoms with Crippen molar-refractivity contribution in [1.29, 1.82) is 0 Å². The van der Waals surface area contributed by atoms with Gasteiger partial charge in [0.2, 0.25) is 0 Å². The average molecular weight is 287 g/mol. The second-order valence-corrected chi connectivity index (χ2v) is 7.54. The van der Waals surface area contributed by atoms with Crippen LogP contribution in [0, 0.1) is 5.41 Å². The summed E-state index contributed by atoms with van der Waals surface area (Å²) in [7, 11) is 0. The van der Waals surface area contributed by atoms with Gasteiger partial charge >= 0.3 is 0 Å².